The van der Waals surface area contributed by atoms with E-state index in [1.54, 1.807) is 0 Å². The van der Waals surface area contributed by atoms with E-state index in [0.29, 0.717) is 0 Å². The summed E-state index contributed by atoms with van der Waals surface area (Å²) in [5, 5.41) is 4.41. The molecule has 2 rings (SSSR count). The van der Waals surface area contributed by atoms with Gasteiger partial charge in [0.05, 0.1) is 5.02 Å². The molecule has 1 aliphatic rings. The standard InChI is InChI=1S/C13H18ClNS/c14-12-7-1-2-8-13(12)16-10-4-6-11-5-3-9-15-11/h1-2,7-8,11,15H,3-6,9-10H2. The zero-order valence-corrected chi connectivity index (χ0v) is 11.0. The Balaban J connectivity index is 1.66. The molecule has 88 valence electrons. The van der Waals surface area contributed by atoms with Crippen LogP contribution in [-0.2, 0) is 0 Å². The van der Waals surface area contributed by atoms with E-state index < -0.39 is 0 Å². The normalized spacial score (nSPS) is 20.2. The molecular weight excluding hydrogens is 238 g/mol. The number of benzene rings is 1. The van der Waals surface area contributed by atoms with Crippen molar-refractivity contribution in [2.24, 2.45) is 0 Å². The number of nitrogens with one attached hydrogen (secondary N) is 1. The van der Waals surface area contributed by atoms with E-state index in [1.807, 2.05) is 30.0 Å². The molecule has 1 atom stereocenters. The van der Waals surface area contributed by atoms with E-state index in [4.69, 9.17) is 11.6 Å². The lowest BCUT2D eigenvalue weighted by Crippen LogP contribution is -2.20. The van der Waals surface area contributed by atoms with Crippen molar-refractivity contribution >= 4 is 23.4 Å². The van der Waals surface area contributed by atoms with Crippen molar-refractivity contribution in [3.63, 3.8) is 0 Å². The Labute approximate surface area is 107 Å². The van der Waals surface area contributed by atoms with Crippen LogP contribution in [0, 0.1) is 0 Å². The first-order valence-electron chi connectivity index (χ1n) is 5.97. The van der Waals surface area contributed by atoms with E-state index in [0.717, 1.165) is 11.1 Å². The number of rotatable bonds is 5. The van der Waals surface area contributed by atoms with Crippen LogP contribution in [0.4, 0.5) is 0 Å². The predicted octanol–water partition coefficient (Wildman–Crippen LogP) is 3.96. The first-order valence-corrected chi connectivity index (χ1v) is 7.33. The van der Waals surface area contributed by atoms with Crippen molar-refractivity contribution in [3.8, 4) is 0 Å². The highest BCUT2D eigenvalue weighted by Crippen LogP contribution is 2.27. The summed E-state index contributed by atoms with van der Waals surface area (Å²) >= 11 is 7.97. The molecule has 0 spiro atoms. The van der Waals surface area contributed by atoms with Gasteiger partial charge >= 0.3 is 0 Å². The average Bonchev–Trinajstić information content (AvgIpc) is 2.79. The smallest absolute Gasteiger partial charge is 0.0541 e. The molecule has 0 saturated carbocycles. The summed E-state index contributed by atoms with van der Waals surface area (Å²) in [5.74, 6) is 1.17. The molecule has 1 saturated heterocycles. The maximum atomic E-state index is 6.10. The second-order valence-corrected chi connectivity index (χ2v) is 5.76. The number of hydrogen-bond acceptors (Lipinski definition) is 2. The minimum absolute atomic E-state index is 0.770. The van der Waals surface area contributed by atoms with Crippen molar-refractivity contribution in [2.75, 3.05) is 12.3 Å². The molecule has 0 amide bonds. The van der Waals surface area contributed by atoms with Crippen LogP contribution in [0.15, 0.2) is 29.2 Å². The van der Waals surface area contributed by atoms with Crippen LogP contribution in [0.2, 0.25) is 5.02 Å². The minimum Gasteiger partial charge on any atom is -0.314 e. The molecule has 1 nitrogen and oxygen atoms in total. The summed E-state index contributed by atoms with van der Waals surface area (Å²) in [6, 6.07) is 8.86. The van der Waals surface area contributed by atoms with Crippen LogP contribution < -0.4 is 5.32 Å². The third-order valence-corrected chi connectivity index (χ3v) is 4.55. The maximum absolute atomic E-state index is 6.10. The lowest BCUT2D eigenvalue weighted by molar-refractivity contribution is 0.553. The zero-order chi connectivity index (χ0) is 11.2. The zero-order valence-electron chi connectivity index (χ0n) is 9.42. The minimum atomic E-state index is 0.770. The second-order valence-electron chi connectivity index (χ2n) is 4.21. The summed E-state index contributed by atoms with van der Waals surface area (Å²) < 4.78 is 0. The van der Waals surface area contributed by atoms with Crippen LogP contribution in [0.5, 0.6) is 0 Å². The Morgan fingerprint density at radius 2 is 2.25 bits per heavy atom. The first-order chi connectivity index (χ1) is 7.86. The Bertz CT molecular complexity index is 323. The highest BCUT2D eigenvalue weighted by atomic mass is 35.5. The molecule has 1 fully saturated rings. The van der Waals surface area contributed by atoms with Crippen LogP contribution >= 0.6 is 23.4 Å². The van der Waals surface area contributed by atoms with Gasteiger partial charge in [0.25, 0.3) is 0 Å². The van der Waals surface area contributed by atoms with Gasteiger partial charge in [-0.3, -0.25) is 0 Å². The van der Waals surface area contributed by atoms with Crippen molar-refractivity contribution in [1.29, 1.82) is 0 Å². The number of thioether (sulfide) groups is 1. The molecule has 0 aromatic heterocycles. The molecule has 16 heavy (non-hydrogen) atoms. The largest absolute Gasteiger partial charge is 0.314 e. The van der Waals surface area contributed by atoms with Gasteiger partial charge in [-0.2, -0.15) is 0 Å². The van der Waals surface area contributed by atoms with Crippen molar-refractivity contribution in [2.45, 2.75) is 36.6 Å². The summed E-state index contributed by atoms with van der Waals surface area (Å²) in [5.41, 5.74) is 0. The molecule has 0 bridgehead atoms. The number of hydrogen-bond donors (Lipinski definition) is 1. The molecule has 1 aromatic rings. The molecule has 1 heterocycles. The fraction of sp³-hybridized carbons (Fsp3) is 0.538. The molecule has 3 heteroatoms. The third kappa shape index (κ3) is 3.69. The van der Waals surface area contributed by atoms with E-state index >= 15 is 0 Å². The van der Waals surface area contributed by atoms with Gasteiger partial charge in [0, 0.05) is 10.9 Å². The fourth-order valence-corrected chi connectivity index (χ4v) is 3.29. The summed E-state index contributed by atoms with van der Waals surface area (Å²) in [6.07, 6.45) is 5.28. The molecule has 1 N–H and O–H groups in total. The van der Waals surface area contributed by atoms with Crippen molar-refractivity contribution in [3.05, 3.63) is 29.3 Å². The van der Waals surface area contributed by atoms with E-state index in [-0.39, 0.29) is 0 Å². The molecule has 1 unspecified atom stereocenters. The fourth-order valence-electron chi connectivity index (χ4n) is 2.08. The summed E-state index contributed by atoms with van der Waals surface area (Å²) in [6.45, 7) is 1.21. The van der Waals surface area contributed by atoms with Crippen molar-refractivity contribution < 1.29 is 0 Å². The molecular formula is C13H18ClNS. The van der Waals surface area contributed by atoms with Gasteiger partial charge in [0.1, 0.15) is 0 Å². The van der Waals surface area contributed by atoms with Gasteiger partial charge in [0.15, 0.2) is 0 Å². The van der Waals surface area contributed by atoms with Gasteiger partial charge < -0.3 is 5.32 Å². The Kier molecular flexibility index (Phi) is 5.01. The van der Waals surface area contributed by atoms with Gasteiger partial charge in [0.2, 0.25) is 0 Å². The highest BCUT2D eigenvalue weighted by molar-refractivity contribution is 7.99. The summed E-state index contributed by atoms with van der Waals surface area (Å²) in [4.78, 5) is 1.21. The number of halogens is 1. The SMILES string of the molecule is Clc1ccccc1SCCCC1CCCN1. The van der Waals surface area contributed by atoms with Crippen LogP contribution in [0.3, 0.4) is 0 Å². The average molecular weight is 256 g/mol. The van der Waals surface area contributed by atoms with Crippen LogP contribution in [0.1, 0.15) is 25.7 Å². The summed E-state index contributed by atoms with van der Waals surface area (Å²) in [7, 11) is 0. The molecule has 0 radical (unpaired) electrons. The van der Waals surface area contributed by atoms with Gasteiger partial charge in [-0.1, -0.05) is 23.7 Å². The Morgan fingerprint density at radius 3 is 3.00 bits per heavy atom. The highest BCUT2D eigenvalue weighted by Gasteiger charge is 2.12. The Morgan fingerprint density at radius 1 is 1.38 bits per heavy atom. The quantitative estimate of drug-likeness (QED) is 0.631. The van der Waals surface area contributed by atoms with Crippen LogP contribution in [-0.4, -0.2) is 18.3 Å². The lowest BCUT2D eigenvalue weighted by atomic mass is 10.1. The predicted molar refractivity (Wildman–Crippen MR) is 72.4 cm³/mol. The monoisotopic (exact) mass is 255 g/mol. The lowest BCUT2D eigenvalue weighted by Gasteiger charge is -2.09. The van der Waals surface area contributed by atoms with Gasteiger partial charge in [-0.05, 0) is 50.1 Å². The van der Waals surface area contributed by atoms with Crippen LogP contribution in [0.25, 0.3) is 0 Å². The first kappa shape index (κ1) is 12.3. The maximum Gasteiger partial charge on any atom is 0.0541 e. The van der Waals surface area contributed by atoms with E-state index in [9.17, 15) is 0 Å². The molecule has 1 aromatic carbocycles. The van der Waals surface area contributed by atoms with E-state index in [1.165, 1.54) is 42.9 Å². The molecule has 0 aliphatic carbocycles. The topological polar surface area (TPSA) is 12.0 Å². The van der Waals surface area contributed by atoms with Crippen molar-refractivity contribution in [1.82, 2.24) is 5.32 Å². The van der Waals surface area contributed by atoms with Gasteiger partial charge in [-0.25, -0.2) is 0 Å². The Hall–Kier alpha value is -0.180. The van der Waals surface area contributed by atoms with Gasteiger partial charge in [-0.15, -0.1) is 11.8 Å². The molecule has 1 aliphatic heterocycles. The third-order valence-electron chi connectivity index (χ3n) is 2.95. The second kappa shape index (κ2) is 6.53. The van der Waals surface area contributed by atoms with E-state index in [2.05, 4.69) is 11.4 Å².